The normalized spacial score (nSPS) is 19.3. The van der Waals surface area contributed by atoms with E-state index in [0.717, 1.165) is 38.9 Å². The molecule has 1 heterocycles. The first kappa shape index (κ1) is 18.0. The van der Waals surface area contributed by atoms with Gasteiger partial charge in [0.1, 0.15) is 0 Å². The van der Waals surface area contributed by atoms with Crippen LogP contribution in [-0.2, 0) is 11.3 Å². The summed E-state index contributed by atoms with van der Waals surface area (Å²) >= 11 is 0. The van der Waals surface area contributed by atoms with Crippen LogP contribution in [0, 0.1) is 5.92 Å². The van der Waals surface area contributed by atoms with Crippen LogP contribution in [0.15, 0.2) is 30.3 Å². The number of nitrogens with two attached hydrogens (primary N) is 1. The zero-order valence-corrected chi connectivity index (χ0v) is 14.7. The number of likely N-dealkylation sites (tertiary alicyclic amines) is 1. The number of piperidine rings is 1. The van der Waals surface area contributed by atoms with E-state index in [4.69, 9.17) is 5.73 Å². The zero-order valence-electron chi connectivity index (χ0n) is 14.7. The fourth-order valence-corrected chi connectivity index (χ4v) is 3.22. The Morgan fingerprint density at radius 3 is 2.48 bits per heavy atom. The van der Waals surface area contributed by atoms with Crippen LogP contribution in [0.1, 0.15) is 38.7 Å². The molecule has 128 valence electrons. The van der Waals surface area contributed by atoms with Gasteiger partial charge in [-0.1, -0.05) is 50.6 Å². The summed E-state index contributed by atoms with van der Waals surface area (Å²) in [4.78, 5) is 16.9. The quantitative estimate of drug-likeness (QED) is 0.877. The first-order chi connectivity index (χ1) is 11.0. The predicted molar refractivity (Wildman–Crippen MR) is 94.9 cm³/mol. The third kappa shape index (κ3) is 4.79. The van der Waals surface area contributed by atoms with Crippen LogP contribution >= 0.6 is 0 Å². The highest BCUT2D eigenvalue weighted by atomic mass is 16.2. The maximum absolute atomic E-state index is 12.5. The molecule has 0 saturated carbocycles. The molecular weight excluding hydrogens is 286 g/mol. The summed E-state index contributed by atoms with van der Waals surface area (Å²) in [7, 11) is 1.92. The Morgan fingerprint density at radius 2 is 1.91 bits per heavy atom. The van der Waals surface area contributed by atoms with Crippen molar-refractivity contribution in [1.29, 1.82) is 0 Å². The van der Waals surface area contributed by atoms with Crippen LogP contribution in [0.25, 0.3) is 0 Å². The first-order valence-corrected chi connectivity index (χ1v) is 8.81. The van der Waals surface area contributed by atoms with Crippen molar-refractivity contribution in [2.24, 2.45) is 11.7 Å². The molecule has 0 radical (unpaired) electrons. The third-order valence-corrected chi connectivity index (χ3v) is 5.24. The summed E-state index contributed by atoms with van der Waals surface area (Å²) in [6.07, 6.45) is 3.00. The summed E-state index contributed by atoms with van der Waals surface area (Å²) in [6.45, 7) is 7.21. The molecule has 1 aliphatic heterocycles. The molecule has 4 nitrogen and oxygen atoms in total. The van der Waals surface area contributed by atoms with Crippen molar-refractivity contribution in [1.82, 2.24) is 9.80 Å². The maximum atomic E-state index is 12.5. The van der Waals surface area contributed by atoms with E-state index in [9.17, 15) is 4.79 Å². The number of rotatable bonds is 6. The molecule has 1 fully saturated rings. The monoisotopic (exact) mass is 317 g/mol. The van der Waals surface area contributed by atoms with Crippen molar-refractivity contribution >= 4 is 5.91 Å². The van der Waals surface area contributed by atoms with E-state index < -0.39 is 0 Å². The van der Waals surface area contributed by atoms with Gasteiger partial charge in [0, 0.05) is 32.7 Å². The number of amides is 1. The Kier molecular flexibility index (Phi) is 6.60. The number of carbonyl (C=O) groups excluding carboxylic acids is 1. The van der Waals surface area contributed by atoms with Crippen LogP contribution in [0.4, 0.5) is 0 Å². The number of benzene rings is 1. The van der Waals surface area contributed by atoms with E-state index >= 15 is 0 Å². The average molecular weight is 317 g/mol. The lowest BCUT2D eigenvalue weighted by Crippen LogP contribution is -2.52. The molecule has 2 rings (SSSR count). The molecule has 0 bridgehead atoms. The van der Waals surface area contributed by atoms with Crippen LogP contribution in [-0.4, -0.2) is 47.9 Å². The number of likely N-dealkylation sites (N-methyl/N-ethyl adjacent to an activating group) is 1. The van der Waals surface area contributed by atoms with Crippen molar-refractivity contribution in [2.45, 2.75) is 51.7 Å². The van der Waals surface area contributed by atoms with E-state index in [1.165, 1.54) is 5.56 Å². The molecule has 1 amide bonds. The third-order valence-electron chi connectivity index (χ3n) is 5.24. The lowest BCUT2D eigenvalue weighted by Gasteiger charge is -2.38. The standard InChI is InChI=1S/C19H31N3O/c1-4-15(2)18(20)19(23)21(3)17-10-12-22(13-11-17)14-16-8-6-5-7-9-16/h5-9,15,17-18H,4,10-14,20H2,1-3H3. The molecule has 1 aromatic carbocycles. The second-order valence-corrected chi connectivity index (χ2v) is 6.85. The first-order valence-electron chi connectivity index (χ1n) is 8.81. The van der Waals surface area contributed by atoms with Gasteiger partial charge < -0.3 is 10.6 Å². The minimum Gasteiger partial charge on any atom is -0.341 e. The van der Waals surface area contributed by atoms with Gasteiger partial charge in [-0.25, -0.2) is 0 Å². The molecule has 0 aliphatic carbocycles. The maximum Gasteiger partial charge on any atom is 0.239 e. The van der Waals surface area contributed by atoms with Gasteiger partial charge in [-0.2, -0.15) is 0 Å². The molecule has 0 spiro atoms. The second-order valence-electron chi connectivity index (χ2n) is 6.85. The van der Waals surface area contributed by atoms with Crippen LogP contribution < -0.4 is 5.73 Å². The summed E-state index contributed by atoms with van der Waals surface area (Å²) in [6, 6.07) is 10.5. The van der Waals surface area contributed by atoms with E-state index in [1.807, 2.05) is 11.9 Å². The van der Waals surface area contributed by atoms with Crippen LogP contribution in [0.2, 0.25) is 0 Å². The Hall–Kier alpha value is -1.39. The molecule has 1 saturated heterocycles. The van der Waals surface area contributed by atoms with E-state index in [0.29, 0.717) is 6.04 Å². The zero-order chi connectivity index (χ0) is 16.8. The number of carbonyl (C=O) groups is 1. The number of hydrogen-bond acceptors (Lipinski definition) is 3. The van der Waals surface area contributed by atoms with Gasteiger partial charge in [0.25, 0.3) is 0 Å². The van der Waals surface area contributed by atoms with Crippen molar-refractivity contribution in [3.05, 3.63) is 35.9 Å². The Balaban J connectivity index is 1.82. The highest BCUT2D eigenvalue weighted by molar-refractivity contribution is 5.82. The van der Waals surface area contributed by atoms with E-state index in [2.05, 4.69) is 49.1 Å². The fourth-order valence-electron chi connectivity index (χ4n) is 3.22. The lowest BCUT2D eigenvalue weighted by molar-refractivity contribution is -0.135. The van der Waals surface area contributed by atoms with Crippen molar-refractivity contribution in [3.63, 3.8) is 0 Å². The highest BCUT2D eigenvalue weighted by Crippen LogP contribution is 2.19. The van der Waals surface area contributed by atoms with Crippen molar-refractivity contribution in [3.8, 4) is 0 Å². The Bertz CT molecular complexity index is 483. The van der Waals surface area contributed by atoms with Crippen LogP contribution in [0.3, 0.4) is 0 Å². The molecule has 23 heavy (non-hydrogen) atoms. The molecular formula is C19H31N3O. The summed E-state index contributed by atoms with van der Waals surface area (Å²) in [5.74, 6) is 0.337. The smallest absolute Gasteiger partial charge is 0.239 e. The van der Waals surface area contributed by atoms with Gasteiger partial charge >= 0.3 is 0 Å². The Labute approximate surface area is 140 Å². The minimum atomic E-state index is -0.368. The molecule has 2 atom stereocenters. The summed E-state index contributed by atoms with van der Waals surface area (Å²) in [5.41, 5.74) is 7.46. The van der Waals surface area contributed by atoms with Crippen LogP contribution in [0.5, 0.6) is 0 Å². The van der Waals surface area contributed by atoms with Crippen molar-refractivity contribution < 1.29 is 4.79 Å². The lowest BCUT2D eigenvalue weighted by atomic mass is 9.96. The van der Waals surface area contributed by atoms with Gasteiger partial charge in [0.15, 0.2) is 0 Å². The van der Waals surface area contributed by atoms with Gasteiger partial charge in [-0.15, -0.1) is 0 Å². The molecule has 2 N–H and O–H groups in total. The molecule has 2 unspecified atom stereocenters. The van der Waals surface area contributed by atoms with Gasteiger partial charge in [-0.05, 0) is 24.3 Å². The van der Waals surface area contributed by atoms with E-state index in [1.54, 1.807) is 0 Å². The van der Waals surface area contributed by atoms with Crippen molar-refractivity contribution in [2.75, 3.05) is 20.1 Å². The topological polar surface area (TPSA) is 49.6 Å². The van der Waals surface area contributed by atoms with Gasteiger partial charge in [-0.3, -0.25) is 9.69 Å². The molecule has 0 aromatic heterocycles. The van der Waals surface area contributed by atoms with Gasteiger partial charge in [0.2, 0.25) is 5.91 Å². The number of hydrogen-bond donors (Lipinski definition) is 1. The average Bonchev–Trinajstić information content (AvgIpc) is 2.60. The van der Waals surface area contributed by atoms with E-state index in [-0.39, 0.29) is 17.9 Å². The molecule has 1 aliphatic rings. The summed E-state index contributed by atoms with van der Waals surface area (Å²) in [5, 5.41) is 0. The largest absolute Gasteiger partial charge is 0.341 e. The predicted octanol–water partition coefficient (Wildman–Crippen LogP) is 2.48. The molecule has 1 aromatic rings. The molecule has 4 heteroatoms. The Morgan fingerprint density at radius 1 is 1.30 bits per heavy atom. The minimum absolute atomic E-state index is 0.0980. The van der Waals surface area contributed by atoms with Gasteiger partial charge in [0.05, 0.1) is 6.04 Å². The fraction of sp³-hybridized carbons (Fsp3) is 0.632. The SMILES string of the molecule is CCC(C)C(N)C(=O)N(C)C1CCN(Cc2ccccc2)CC1. The second kappa shape index (κ2) is 8.46. The number of nitrogens with zero attached hydrogens (tertiary/aromatic N) is 2. The highest BCUT2D eigenvalue weighted by Gasteiger charge is 2.29. The summed E-state index contributed by atoms with van der Waals surface area (Å²) < 4.78 is 0.